The van der Waals surface area contributed by atoms with Crippen LogP contribution < -0.4 is 11.2 Å². The molecule has 0 saturated carbocycles. The molecule has 1 saturated heterocycles. The van der Waals surface area contributed by atoms with Crippen LogP contribution in [0.4, 0.5) is 8.78 Å². The number of nitrogens with zero attached hydrogens (tertiary/aromatic N) is 1. The lowest BCUT2D eigenvalue weighted by atomic mass is 9.94. The molecule has 0 amide bonds. The molecule has 3 rings (SSSR count). The van der Waals surface area contributed by atoms with Crippen LogP contribution >= 0.6 is 22.6 Å². The molecule has 7 nitrogen and oxygen atoms in total. The van der Waals surface area contributed by atoms with Gasteiger partial charge in [0.25, 0.3) is 11.4 Å². The fourth-order valence-electron chi connectivity index (χ4n) is 3.01. The summed E-state index contributed by atoms with van der Waals surface area (Å²) >= 11 is 1.62. The van der Waals surface area contributed by atoms with Gasteiger partial charge in [0.05, 0.1) is 9.99 Å². The molecule has 2 aromatic rings. The third kappa shape index (κ3) is 3.83. The number of carbonyl (C=O) groups excluding carboxylic acids is 1. The molecular formula is C19H15F2IN2O5. The highest BCUT2D eigenvalue weighted by molar-refractivity contribution is 14.1. The molecule has 2 heterocycles. The first kappa shape index (κ1) is 21.2. The van der Waals surface area contributed by atoms with Gasteiger partial charge in [-0.15, -0.1) is 5.73 Å². The summed E-state index contributed by atoms with van der Waals surface area (Å²) in [6.45, 7) is 3.29. The van der Waals surface area contributed by atoms with E-state index in [-0.39, 0.29) is 5.56 Å². The van der Waals surface area contributed by atoms with Crippen LogP contribution in [0, 0.1) is 0 Å². The summed E-state index contributed by atoms with van der Waals surface area (Å²) in [7, 11) is 0. The maximum Gasteiger partial charge on any atom is 0.338 e. The van der Waals surface area contributed by atoms with Crippen molar-refractivity contribution < 1.29 is 23.0 Å². The minimum absolute atomic E-state index is 0.0814. The van der Waals surface area contributed by atoms with Crippen LogP contribution in [0.5, 0.6) is 0 Å². The van der Waals surface area contributed by atoms with Gasteiger partial charge in [-0.1, -0.05) is 47.4 Å². The van der Waals surface area contributed by atoms with Crippen molar-refractivity contribution in [2.75, 3.05) is 4.43 Å². The predicted molar refractivity (Wildman–Crippen MR) is 107 cm³/mol. The van der Waals surface area contributed by atoms with E-state index in [0.717, 1.165) is 18.3 Å². The van der Waals surface area contributed by atoms with Crippen molar-refractivity contribution in [1.82, 2.24) is 9.55 Å². The van der Waals surface area contributed by atoms with Crippen LogP contribution in [0.2, 0.25) is 0 Å². The first-order valence-electron chi connectivity index (χ1n) is 8.31. The summed E-state index contributed by atoms with van der Waals surface area (Å²) in [4.78, 5) is 37.9. The molecule has 4 atom stereocenters. The number of alkyl halides is 3. The number of esters is 1. The van der Waals surface area contributed by atoms with Gasteiger partial charge in [-0.2, -0.15) is 0 Å². The molecule has 0 bridgehead atoms. The molecule has 10 heteroatoms. The number of rotatable bonds is 5. The van der Waals surface area contributed by atoms with Crippen LogP contribution in [0.15, 0.2) is 70.6 Å². The maximum absolute atomic E-state index is 16.1. The topological polar surface area (TPSA) is 90.4 Å². The van der Waals surface area contributed by atoms with Gasteiger partial charge in [-0.05, 0) is 12.1 Å². The number of hydrogen-bond donors (Lipinski definition) is 1. The van der Waals surface area contributed by atoms with E-state index in [1.54, 1.807) is 40.8 Å². The van der Waals surface area contributed by atoms with Crippen molar-refractivity contribution in [3.63, 3.8) is 0 Å². The Labute approximate surface area is 176 Å². The Kier molecular flexibility index (Phi) is 5.87. The predicted octanol–water partition coefficient (Wildman–Crippen LogP) is 2.44. The van der Waals surface area contributed by atoms with Gasteiger partial charge >= 0.3 is 11.7 Å². The lowest BCUT2D eigenvalue weighted by Gasteiger charge is -2.29. The zero-order chi connectivity index (χ0) is 21.2. The Bertz CT molecular complexity index is 1080. The minimum atomic E-state index is -2.84. The van der Waals surface area contributed by atoms with Crippen LogP contribution in [0.25, 0.3) is 0 Å². The summed E-state index contributed by atoms with van der Waals surface area (Å²) < 4.78 is 42.3. The van der Waals surface area contributed by atoms with E-state index in [4.69, 9.17) is 9.47 Å². The number of halogens is 3. The number of hydrogen-bond acceptors (Lipinski definition) is 5. The summed E-state index contributed by atoms with van der Waals surface area (Å²) in [5.41, 5.74) is -2.29. The van der Waals surface area contributed by atoms with E-state index in [2.05, 4.69) is 12.3 Å². The van der Waals surface area contributed by atoms with Crippen molar-refractivity contribution in [2.24, 2.45) is 0 Å². The molecule has 1 fully saturated rings. The number of aromatic nitrogens is 2. The number of aromatic amines is 1. The highest BCUT2D eigenvalue weighted by Gasteiger charge is 2.68. The molecule has 1 N–H and O–H groups in total. The Morgan fingerprint density at radius 2 is 2.03 bits per heavy atom. The number of nitrogens with one attached hydrogen (secondary N) is 1. The van der Waals surface area contributed by atoms with E-state index in [0.29, 0.717) is 4.57 Å². The third-order valence-electron chi connectivity index (χ3n) is 4.32. The summed E-state index contributed by atoms with van der Waals surface area (Å²) in [5, 5.41) is 0. The highest BCUT2D eigenvalue weighted by Crippen LogP contribution is 2.50. The van der Waals surface area contributed by atoms with Crippen LogP contribution in [-0.4, -0.2) is 37.6 Å². The Morgan fingerprint density at radius 1 is 1.34 bits per heavy atom. The standard InChI is InChI=1S/C19H15F2IN2O5/c1-2-9-18(20)15(28-14(26)12-6-4-3-5-7-12)19(21,11-22)29-16(18)24-10-8-13(25)23-17(24)27/h3-10,15-16H,1,11H2,(H,23,25,27)/t15-,16+,18+,19+/m0/s1. The lowest BCUT2D eigenvalue weighted by molar-refractivity contribution is -0.170. The maximum atomic E-state index is 16.1. The van der Waals surface area contributed by atoms with Gasteiger partial charge in [0.2, 0.25) is 11.8 Å². The highest BCUT2D eigenvalue weighted by atomic mass is 127. The van der Waals surface area contributed by atoms with Gasteiger partial charge in [0.15, 0.2) is 6.23 Å². The first-order chi connectivity index (χ1) is 13.7. The van der Waals surface area contributed by atoms with Gasteiger partial charge in [0, 0.05) is 18.3 Å². The van der Waals surface area contributed by atoms with Crippen molar-refractivity contribution in [2.45, 2.75) is 23.9 Å². The Hall–Kier alpha value is -2.56. The lowest BCUT2D eigenvalue weighted by Crippen LogP contribution is -2.49. The zero-order valence-electron chi connectivity index (χ0n) is 14.8. The molecule has 0 unspecified atom stereocenters. The average Bonchev–Trinajstić information content (AvgIpc) is 2.91. The molecule has 29 heavy (non-hydrogen) atoms. The fourth-order valence-corrected chi connectivity index (χ4v) is 3.59. The number of benzene rings is 1. The van der Waals surface area contributed by atoms with Crippen molar-refractivity contribution >= 4 is 28.6 Å². The van der Waals surface area contributed by atoms with Crippen LogP contribution in [0.3, 0.4) is 0 Å². The number of ether oxygens (including phenoxy) is 2. The Balaban J connectivity index is 2.09. The normalized spacial score (nSPS) is 28.5. The van der Waals surface area contributed by atoms with Crippen LogP contribution in [-0.2, 0) is 9.47 Å². The molecule has 0 radical (unpaired) electrons. The smallest absolute Gasteiger partial charge is 0.338 e. The first-order valence-corrected chi connectivity index (χ1v) is 9.84. The van der Waals surface area contributed by atoms with E-state index in [1.807, 2.05) is 4.98 Å². The monoisotopic (exact) mass is 516 g/mol. The second kappa shape index (κ2) is 8.05. The summed E-state index contributed by atoms with van der Waals surface area (Å²) in [6, 6.07) is 8.61. The number of H-pyrrole nitrogens is 1. The fraction of sp³-hybridized carbons (Fsp3) is 0.263. The average molecular weight is 516 g/mol. The second-order valence-corrected chi connectivity index (χ2v) is 7.00. The van der Waals surface area contributed by atoms with Gasteiger partial charge in [0.1, 0.15) is 0 Å². The second-order valence-electron chi connectivity index (χ2n) is 6.23. The summed E-state index contributed by atoms with van der Waals surface area (Å²) in [5.74, 6) is -3.74. The van der Waals surface area contributed by atoms with E-state index in [9.17, 15) is 14.4 Å². The quantitative estimate of drug-likeness (QED) is 0.286. The largest absolute Gasteiger partial charge is 0.449 e. The molecule has 0 aliphatic carbocycles. The van der Waals surface area contributed by atoms with Crippen molar-refractivity contribution in [3.8, 4) is 0 Å². The van der Waals surface area contributed by atoms with Gasteiger partial charge in [-0.25, -0.2) is 18.4 Å². The van der Waals surface area contributed by atoms with Gasteiger partial charge in [-0.3, -0.25) is 14.3 Å². The SMILES string of the molecule is C=C=C[C@]1(F)[C@H](n2ccc(=O)[nH]c2=O)O[C@](F)(CI)[C@H]1OC(=O)c1ccccc1. The molecule has 1 aliphatic heterocycles. The van der Waals surface area contributed by atoms with Gasteiger partial charge < -0.3 is 9.47 Å². The van der Waals surface area contributed by atoms with Crippen LogP contribution in [0.1, 0.15) is 16.6 Å². The third-order valence-corrected chi connectivity index (χ3v) is 5.36. The molecule has 1 aromatic carbocycles. The molecule has 1 aliphatic rings. The molecular weight excluding hydrogens is 501 g/mol. The molecule has 0 spiro atoms. The number of carbonyl (C=O) groups is 1. The molecule has 152 valence electrons. The van der Waals surface area contributed by atoms with Crippen molar-refractivity contribution in [3.05, 3.63) is 87.4 Å². The summed E-state index contributed by atoms with van der Waals surface area (Å²) in [6.07, 6.45) is -2.25. The zero-order valence-corrected chi connectivity index (χ0v) is 17.0. The van der Waals surface area contributed by atoms with E-state index >= 15 is 8.78 Å². The van der Waals surface area contributed by atoms with Crippen molar-refractivity contribution in [1.29, 1.82) is 0 Å². The molecule has 1 aromatic heterocycles. The minimum Gasteiger partial charge on any atom is -0.449 e. The van der Waals surface area contributed by atoms with E-state index < -0.39 is 45.5 Å². The Morgan fingerprint density at radius 3 is 2.62 bits per heavy atom. The van der Waals surface area contributed by atoms with E-state index in [1.165, 1.54) is 12.1 Å².